The van der Waals surface area contributed by atoms with Gasteiger partial charge in [0.25, 0.3) is 5.91 Å². The van der Waals surface area contributed by atoms with Crippen LogP contribution in [0.3, 0.4) is 0 Å². The van der Waals surface area contributed by atoms with Gasteiger partial charge < -0.3 is 16.2 Å². The molecule has 0 saturated carbocycles. The molecule has 0 unspecified atom stereocenters. The standard InChI is InChI=1S/C19H20N4O.C3H3F3O2/c20-19(24)17-5-1-3-15-12-23(22-18(15)17)16-8-6-13(7-9-16)14-4-2-10-21-11-14;4-3(5,6)1-2(7)8/h1,3,5-9,12,14,21H,2,4,10-11H2,(H2,20,24);1H2,(H,7,8)/t14-;/m1./s1. The number of piperidine rings is 1. The molecule has 3 aromatic rings. The van der Waals surface area contributed by atoms with E-state index in [2.05, 4.69) is 34.7 Å². The Hall–Kier alpha value is -3.40. The van der Waals surface area contributed by atoms with E-state index < -0.39 is 24.5 Å². The maximum atomic E-state index is 11.5. The second kappa shape index (κ2) is 9.82. The Morgan fingerprint density at radius 3 is 2.44 bits per heavy atom. The average molecular weight is 448 g/mol. The van der Waals surface area contributed by atoms with E-state index in [-0.39, 0.29) is 0 Å². The second-order valence-corrected chi connectivity index (χ2v) is 7.50. The van der Waals surface area contributed by atoms with Crippen molar-refractivity contribution in [1.82, 2.24) is 15.1 Å². The summed E-state index contributed by atoms with van der Waals surface area (Å²) in [5, 5.41) is 16.4. The van der Waals surface area contributed by atoms with Crippen molar-refractivity contribution in [2.24, 2.45) is 5.73 Å². The van der Waals surface area contributed by atoms with Gasteiger partial charge in [0, 0.05) is 18.1 Å². The highest BCUT2D eigenvalue weighted by Crippen LogP contribution is 2.25. The van der Waals surface area contributed by atoms with Gasteiger partial charge in [-0.2, -0.15) is 18.3 Å². The van der Waals surface area contributed by atoms with Gasteiger partial charge in [-0.1, -0.05) is 24.3 Å². The summed E-state index contributed by atoms with van der Waals surface area (Å²) in [5.41, 5.74) is 8.88. The molecule has 1 aliphatic heterocycles. The van der Waals surface area contributed by atoms with Gasteiger partial charge in [0.1, 0.15) is 11.9 Å². The molecular weight excluding hydrogens is 425 g/mol. The first-order chi connectivity index (χ1) is 15.1. The Morgan fingerprint density at radius 2 is 1.91 bits per heavy atom. The summed E-state index contributed by atoms with van der Waals surface area (Å²) in [5.74, 6) is -1.71. The number of carboxylic acid groups (broad SMARTS) is 1. The van der Waals surface area contributed by atoms with Gasteiger partial charge in [-0.25, -0.2) is 4.68 Å². The second-order valence-electron chi connectivity index (χ2n) is 7.50. The molecule has 7 nitrogen and oxygen atoms in total. The number of carbonyl (C=O) groups excluding carboxylic acids is 1. The zero-order valence-corrected chi connectivity index (χ0v) is 17.1. The van der Waals surface area contributed by atoms with E-state index in [1.54, 1.807) is 10.7 Å². The van der Waals surface area contributed by atoms with Crippen molar-refractivity contribution in [1.29, 1.82) is 0 Å². The van der Waals surface area contributed by atoms with E-state index >= 15 is 0 Å². The molecule has 10 heteroatoms. The molecule has 4 rings (SSSR count). The molecule has 1 saturated heterocycles. The Morgan fingerprint density at radius 1 is 1.19 bits per heavy atom. The largest absolute Gasteiger partial charge is 0.481 e. The van der Waals surface area contributed by atoms with Gasteiger partial charge in [-0.05, 0) is 49.1 Å². The van der Waals surface area contributed by atoms with Gasteiger partial charge >= 0.3 is 12.1 Å². The number of halogens is 3. The number of aliphatic carboxylic acids is 1. The van der Waals surface area contributed by atoms with Crippen molar-refractivity contribution >= 4 is 22.8 Å². The lowest BCUT2D eigenvalue weighted by Gasteiger charge is -2.23. The van der Waals surface area contributed by atoms with Crippen molar-refractivity contribution in [3.05, 3.63) is 59.8 Å². The normalized spacial score (nSPS) is 16.3. The maximum Gasteiger partial charge on any atom is 0.399 e. The van der Waals surface area contributed by atoms with Crippen molar-refractivity contribution in [3.8, 4) is 5.69 Å². The minimum absolute atomic E-state index is 0.453. The number of nitrogens with one attached hydrogen (secondary N) is 1. The first-order valence-corrected chi connectivity index (χ1v) is 10.0. The number of nitrogens with two attached hydrogens (primary N) is 1. The third-order valence-electron chi connectivity index (χ3n) is 5.08. The molecule has 1 aliphatic rings. The molecule has 1 fully saturated rings. The average Bonchev–Trinajstić information content (AvgIpc) is 3.17. The van der Waals surface area contributed by atoms with Crippen LogP contribution < -0.4 is 11.1 Å². The number of fused-ring (bicyclic) bond motifs is 1. The van der Waals surface area contributed by atoms with Gasteiger partial charge in [0.2, 0.25) is 0 Å². The van der Waals surface area contributed by atoms with Crippen LogP contribution in [0.4, 0.5) is 13.2 Å². The first kappa shape index (κ1) is 23.3. The summed E-state index contributed by atoms with van der Waals surface area (Å²) in [7, 11) is 0. The predicted octanol–water partition coefficient (Wildman–Crippen LogP) is 3.61. The Balaban J connectivity index is 0.000000312. The molecule has 2 heterocycles. The molecular formula is C22H23F3N4O3. The lowest BCUT2D eigenvalue weighted by atomic mass is 9.92. The summed E-state index contributed by atoms with van der Waals surface area (Å²) >= 11 is 0. The number of amides is 1. The van der Waals surface area contributed by atoms with Gasteiger partial charge in [-0.3, -0.25) is 9.59 Å². The lowest BCUT2D eigenvalue weighted by molar-refractivity contribution is -0.166. The highest BCUT2D eigenvalue weighted by Gasteiger charge is 2.30. The van der Waals surface area contributed by atoms with E-state index in [0.717, 1.165) is 24.2 Å². The van der Waals surface area contributed by atoms with Crippen LogP contribution in [0, 0.1) is 0 Å². The fraction of sp³-hybridized carbons (Fsp3) is 0.318. The van der Waals surface area contributed by atoms with Crippen molar-refractivity contribution < 1.29 is 27.9 Å². The van der Waals surface area contributed by atoms with Crippen LogP contribution in [-0.4, -0.2) is 46.0 Å². The number of benzene rings is 2. The molecule has 2 aromatic carbocycles. The van der Waals surface area contributed by atoms with Crippen LogP contribution in [0.1, 0.15) is 41.1 Å². The Bertz CT molecular complexity index is 1090. The van der Waals surface area contributed by atoms with Crippen LogP contribution in [0.25, 0.3) is 16.6 Å². The third kappa shape index (κ3) is 6.07. The molecule has 0 radical (unpaired) electrons. The topological polar surface area (TPSA) is 110 Å². The number of carbonyl (C=O) groups is 2. The fourth-order valence-electron chi connectivity index (χ4n) is 3.58. The van der Waals surface area contributed by atoms with Gasteiger partial charge in [-0.15, -0.1) is 0 Å². The molecule has 0 bridgehead atoms. The van der Waals surface area contributed by atoms with E-state index in [1.807, 2.05) is 18.3 Å². The number of hydrogen-bond acceptors (Lipinski definition) is 4. The molecule has 1 atom stereocenters. The van der Waals surface area contributed by atoms with Crippen LogP contribution in [-0.2, 0) is 4.79 Å². The number of primary amides is 1. The number of aromatic nitrogens is 2. The van der Waals surface area contributed by atoms with Crippen LogP contribution in [0.2, 0.25) is 0 Å². The first-order valence-electron chi connectivity index (χ1n) is 10.0. The quantitative estimate of drug-likeness (QED) is 0.565. The maximum absolute atomic E-state index is 11.5. The number of rotatable bonds is 4. The minimum Gasteiger partial charge on any atom is -0.481 e. The highest BCUT2D eigenvalue weighted by atomic mass is 19.4. The highest BCUT2D eigenvalue weighted by molar-refractivity contribution is 6.04. The van der Waals surface area contributed by atoms with Gasteiger partial charge in [0.05, 0.1) is 11.3 Å². The molecule has 0 spiro atoms. The Labute approximate surface area is 182 Å². The number of alkyl halides is 3. The Kier molecular flexibility index (Phi) is 7.14. The zero-order valence-electron chi connectivity index (χ0n) is 17.1. The SMILES string of the molecule is NC(=O)c1cccc2cn(-c3ccc([C@@H]4CCCNC4)cc3)nc12.O=C(O)CC(F)(F)F. The summed E-state index contributed by atoms with van der Waals surface area (Å²) in [6, 6.07) is 14.0. The fourth-order valence-corrected chi connectivity index (χ4v) is 3.58. The predicted molar refractivity (Wildman–Crippen MR) is 113 cm³/mol. The number of carboxylic acids is 1. The summed E-state index contributed by atoms with van der Waals surface area (Å²) < 4.78 is 34.6. The van der Waals surface area contributed by atoms with Crippen molar-refractivity contribution in [2.75, 3.05) is 13.1 Å². The molecule has 170 valence electrons. The molecule has 1 aromatic heterocycles. The summed E-state index contributed by atoms with van der Waals surface area (Å²) in [6.07, 6.45) is -1.94. The molecule has 0 aliphatic carbocycles. The monoisotopic (exact) mass is 448 g/mol. The molecule has 4 N–H and O–H groups in total. The molecule has 1 amide bonds. The van der Waals surface area contributed by atoms with E-state index in [1.165, 1.54) is 18.4 Å². The van der Waals surface area contributed by atoms with E-state index in [4.69, 9.17) is 10.8 Å². The van der Waals surface area contributed by atoms with E-state index in [9.17, 15) is 22.8 Å². The molecule has 32 heavy (non-hydrogen) atoms. The van der Waals surface area contributed by atoms with E-state index in [0.29, 0.717) is 17.0 Å². The van der Waals surface area contributed by atoms with Crippen LogP contribution in [0.15, 0.2) is 48.7 Å². The van der Waals surface area contributed by atoms with Gasteiger partial charge in [0.15, 0.2) is 0 Å². The third-order valence-corrected chi connectivity index (χ3v) is 5.08. The minimum atomic E-state index is -4.58. The zero-order chi connectivity index (χ0) is 23.3. The summed E-state index contributed by atoms with van der Waals surface area (Å²) in [6.45, 7) is 2.17. The number of hydrogen-bond donors (Lipinski definition) is 3. The van der Waals surface area contributed by atoms with Crippen molar-refractivity contribution in [2.45, 2.75) is 31.4 Å². The summed E-state index contributed by atoms with van der Waals surface area (Å²) in [4.78, 5) is 20.8. The van der Waals surface area contributed by atoms with Crippen LogP contribution >= 0.6 is 0 Å². The van der Waals surface area contributed by atoms with Crippen LogP contribution in [0.5, 0.6) is 0 Å². The smallest absolute Gasteiger partial charge is 0.399 e. The lowest BCUT2D eigenvalue weighted by Crippen LogP contribution is -2.28. The number of nitrogens with zero attached hydrogens (tertiary/aromatic N) is 2. The van der Waals surface area contributed by atoms with Crippen molar-refractivity contribution in [3.63, 3.8) is 0 Å².